The molecule has 9 heteroatoms. The van der Waals surface area contributed by atoms with Crippen LogP contribution in [0.1, 0.15) is 89.2 Å². The smallest absolute Gasteiger partial charge is 0.305 e. The second-order valence-electron chi connectivity index (χ2n) is 11.8. The van der Waals surface area contributed by atoms with Crippen LogP contribution in [0.15, 0.2) is 83.4 Å². The summed E-state index contributed by atoms with van der Waals surface area (Å²) < 4.78 is 9.91. The van der Waals surface area contributed by atoms with Crippen molar-refractivity contribution in [2.24, 2.45) is 15.0 Å². The summed E-state index contributed by atoms with van der Waals surface area (Å²) in [4.78, 5) is 43.2. The highest BCUT2D eigenvalue weighted by molar-refractivity contribution is 6.36. The van der Waals surface area contributed by atoms with E-state index in [4.69, 9.17) is 24.5 Å². The van der Waals surface area contributed by atoms with Gasteiger partial charge in [-0.25, -0.2) is 15.0 Å². The molecule has 46 heavy (non-hydrogen) atoms. The Morgan fingerprint density at radius 1 is 0.739 bits per heavy atom. The fourth-order valence-electron chi connectivity index (χ4n) is 6.60. The van der Waals surface area contributed by atoms with E-state index < -0.39 is 0 Å². The molecule has 0 fully saturated rings. The maximum Gasteiger partial charge on any atom is 0.305 e. The zero-order valence-corrected chi connectivity index (χ0v) is 28.0. The average Bonchev–Trinajstić information content (AvgIpc) is 3.72. The molecule has 1 aromatic rings. The quantitative estimate of drug-likeness (QED) is 0.229. The van der Waals surface area contributed by atoms with Crippen molar-refractivity contribution in [1.82, 2.24) is 4.98 Å². The molecular weight excluding hydrogens is 580 g/mol. The molecule has 8 bridgehead atoms. The van der Waals surface area contributed by atoms with E-state index in [2.05, 4.69) is 18.8 Å². The molecule has 0 atom stereocenters. The number of aromatic nitrogens is 1. The highest BCUT2D eigenvalue weighted by atomic mass is 16.5. The molecule has 1 aromatic heterocycles. The first-order chi connectivity index (χ1) is 22.1. The number of allylic oxidation sites excluding steroid dienone is 8. The highest BCUT2D eigenvalue weighted by Crippen LogP contribution is 2.39. The molecule has 0 amide bonds. The summed E-state index contributed by atoms with van der Waals surface area (Å²) in [6.45, 7) is 12.3. The van der Waals surface area contributed by atoms with Gasteiger partial charge in [0, 0.05) is 24.2 Å². The minimum Gasteiger partial charge on any atom is -0.515 e. The summed E-state index contributed by atoms with van der Waals surface area (Å²) >= 11 is 0. The summed E-state index contributed by atoms with van der Waals surface area (Å²) in [5.74, 6) is -0.578. The first kappa shape index (κ1) is 32.6. The van der Waals surface area contributed by atoms with Crippen molar-refractivity contribution in [2.75, 3.05) is 14.2 Å². The molecule has 4 aliphatic heterocycles. The van der Waals surface area contributed by atoms with Crippen molar-refractivity contribution >= 4 is 41.2 Å². The number of aliphatic hydroxyl groups is 1. The predicted octanol–water partition coefficient (Wildman–Crippen LogP) is 7.54. The van der Waals surface area contributed by atoms with Gasteiger partial charge < -0.3 is 19.6 Å². The zero-order chi connectivity index (χ0) is 33.3. The number of aromatic amines is 1. The molecule has 240 valence electrons. The van der Waals surface area contributed by atoms with Crippen LogP contribution in [0, 0.1) is 6.92 Å². The first-order valence-corrected chi connectivity index (χ1v) is 15.8. The summed E-state index contributed by atoms with van der Waals surface area (Å²) in [6.07, 6.45) is 10.0. The van der Waals surface area contributed by atoms with E-state index in [0.717, 1.165) is 97.9 Å². The Morgan fingerprint density at radius 3 is 1.98 bits per heavy atom. The first-order valence-electron chi connectivity index (χ1n) is 15.8. The number of nitrogens with one attached hydrogen (secondary N) is 1. The molecule has 0 spiro atoms. The van der Waals surface area contributed by atoms with E-state index >= 15 is 0 Å². The molecule has 0 radical (unpaired) electrons. The average molecular weight is 623 g/mol. The Bertz CT molecular complexity index is 1850. The fourth-order valence-corrected chi connectivity index (χ4v) is 6.60. The number of carbonyl (C=O) groups is 2. The maximum atomic E-state index is 12.2. The van der Waals surface area contributed by atoms with E-state index in [1.807, 2.05) is 45.9 Å². The highest BCUT2D eigenvalue weighted by Gasteiger charge is 2.31. The van der Waals surface area contributed by atoms with Crippen molar-refractivity contribution in [2.45, 2.75) is 80.1 Å². The molecule has 5 heterocycles. The van der Waals surface area contributed by atoms with E-state index in [0.29, 0.717) is 29.8 Å². The van der Waals surface area contributed by atoms with E-state index in [-0.39, 0.29) is 24.8 Å². The van der Waals surface area contributed by atoms with Gasteiger partial charge in [0.05, 0.1) is 60.3 Å². The fraction of sp³-hybridized carbons (Fsp3) is 0.378. The number of ether oxygens (including phenoxy) is 2. The third kappa shape index (κ3) is 5.82. The molecule has 5 rings (SSSR count). The van der Waals surface area contributed by atoms with Gasteiger partial charge in [-0.2, -0.15) is 0 Å². The van der Waals surface area contributed by atoms with Crippen LogP contribution in [0.3, 0.4) is 0 Å². The van der Waals surface area contributed by atoms with Crippen LogP contribution in [0.25, 0.3) is 12.2 Å². The Morgan fingerprint density at radius 2 is 1.35 bits per heavy atom. The van der Waals surface area contributed by atoms with Gasteiger partial charge in [-0.3, -0.25) is 9.59 Å². The van der Waals surface area contributed by atoms with Crippen molar-refractivity contribution < 1.29 is 24.2 Å². The van der Waals surface area contributed by atoms with Gasteiger partial charge in [0.1, 0.15) is 0 Å². The minimum atomic E-state index is -0.292. The third-order valence-electron chi connectivity index (χ3n) is 9.34. The van der Waals surface area contributed by atoms with Crippen molar-refractivity contribution in [3.63, 3.8) is 0 Å². The van der Waals surface area contributed by atoms with Crippen molar-refractivity contribution in [3.05, 3.63) is 91.0 Å². The molecule has 0 saturated heterocycles. The predicted molar refractivity (Wildman–Crippen MR) is 183 cm³/mol. The van der Waals surface area contributed by atoms with E-state index in [9.17, 15) is 14.7 Å². The van der Waals surface area contributed by atoms with Crippen LogP contribution in [0.2, 0.25) is 0 Å². The lowest BCUT2D eigenvalue weighted by molar-refractivity contribution is -0.141. The number of rotatable bonds is 8. The van der Waals surface area contributed by atoms with Crippen LogP contribution in [0.4, 0.5) is 0 Å². The summed E-state index contributed by atoms with van der Waals surface area (Å²) in [5.41, 5.74) is 14.8. The number of nitrogens with zero attached hydrogens (tertiary/aromatic N) is 3. The van der Waals surface area contributed by atoms with Crippen LogP contribution in [0.5, 0.6) is 0 Å². The van der Waals surface area contributed by atoms with Crippen molar-refractivity contribution in [1.29, 1.82) is 0 Å². The van der Waals surface area contributed by atoms with Crippen LogP contribution in [-0.4, -0.2) is 53.4 Å². The number of aliphatic imine (C=N–C) groups is 3. The topological polar surface area (TPSA) is 126 Å². The second-order valence-corrected chi connectivity index (χ2v) is 11.8. The number of esters is 2. The van der Waals surface area contributed by atoms with Gasteiger partial charge in [0.25, 0.3) is 0 Å². The van der Waals surface area contributed by atoms with Gasteiger partial charge >= 0.3 is 11.9 Å². The number of hydrogen-bond donors (Lipinski definition) is 2. The minimum absolute atomic E-state index is 0.216. The monoisotopic (exact) mass is 622 g/mol. The lowest BCUT2D eigenvalue weighted by Gasteiger charge is -2.10. The summed E-state index contributed by atoms with van der Waals surface area (Å²) in [7, 11) is 2.79. The molecule has 2 N–H and O–H groups in total. The van der Waals surface area contributed by atoms with Crippen LogP contribution in [-0.2, 0) is 25.5 Å². The Hall–Kier alpha value is -4.79. The standard InChI is InChI=1S/C37H42N4O5/c1-9-23-22(6)36-27(18-42)37-24(10-2)19(3)30(40-37)15-28-20(4)25(11-13-34(43)45-7)32(38-28)17-33-26(12-14-35(44)46-8)21(5)29(39-33)16-31(23)41-36/h15-18,39,42H,9-14H2,1-8H3/b27-18-,30-15?,31-16?,32-17?. The van der Waals surface area contributed by atoms with Gasteiger partial charge in [-0.05, 0) is 116 Å². The van der Waals surface area contributed by atoms with Crippen LogP contribution < -0.4 is 0 Å². The Balaban J connectivity index is 1.81. The van der Waals surface area contributed by atoms with E-state index in [1.54, 1.807) is 0 Å². The molecular formula is C37H42N4O5. The molecule has 9 nitrogen and oxygen atoms in total. The largest absolute Gasteiger partial charge is 0.515 e. The van der Waals surface area contributed by atoms with Gasteiger partial charge in [0.15, 0.2) is 0 Å². The number of fused-ring (bicyclic) bond motifs is 5. The van der Waals surface area contributed by atoms with Crippen LogP contribution >= 0.6 is 0 Å². The number of carbonyl (C=O) groups excluding carboxylic acids is 2. The molecule has 0 unspecified atom stereocenters. The Kier molecular flexibility index (Phi) is 9.42. The molecule has 4 aliphatic rings. The zero-order valence-electron chi connectivity index (χ0n) is 28.0. The number of H-pyrrole nitrogens is 1. The molecule has 0 aromatic carbocycles. The molecule has 0 saturated carbocycles. The summed E-state index contributed by atoms with van der Waals surface area (Å²) in [6, 6.07) is 0. The lowest BCUT2D eigenvalue weighted by atomic mass is 9.92. The van der Waals surface area contributed by atoms with E-state index in [1.165, 1.54) is 14.2 Å². The second kappa shape index (κ2) is 13.3. The number of hydrogen-bond acceptors (Lipinski definition) is 8. The van der Waals surface area contributed by atoms with Gasteiger partial charge in [0.2, 0.25) is 0 Å². The van der Waals surface area contributed by atoms with Crippen molar-refractivity contribution in [3.8, 4) is 0 Å². The Labute approximate surface area is 270 Å². The van der Waals surface area contributed by atoms with Gasteiger partial charge in [-0.1, -0.05) is 13.8 Å². The molecule has 0 aliphatic carbocycles. The summed E-state index contributed by atoms with van der Waals surface area (Å²) in [5, 5.41) is 10.7. The number of methoxy groups -OCH3 is 2. The maximum absolute atomic E-state index is 12.2. The lowest BCUT2D eigenvalue weighted by Crippen LogP contribution is -2.14. The third-order valence-corrected chi connectivity index (χ3v) is 9.34. The SMILES string of the molecule is CCC1=C(C)C2=NC1=Cc1[nH]c(c(CCC(=O)OC)c1C)C=C1N=C(C=C3N=C(C(CC)=C3C)/C2=C\O)C(C)=C1CCC(=O)OC. The van der Waals surface area contributed by atoms with Gasteiger partial charge in [-0.15, -0.1) is 0 Å². The number of aliphatic hydroxyl groups excluding tert-OH is 1. The normalized spacial score (nSPS) is 18.5.